The SMILES string of the molecule is CCc1cc(CC(NC)c2ccccn2)n(C)n1. The molecular weight excluding hydrogens is 224 g/mol. The Labute approximate surface area is 108 Å². The average molecular weight is 244 g/mol. The molecular formula is C14H20N4. The summed E-state index contributed by atoms with van der Waals surface area (Å²) in [4.78, 5) is 4.41. The zero-order chi connectivity index (χ0) is 13.0. The van der Waals surface area contributed by atoms with Gasteiger partial charge in [-0.05, 0) is 31.7 Å². The fraction of sp³-hybridized carbons (Fsp3) is 0.429. The molecule has 0 saturated carbocycles. The molecule has 0 spiro atoms. The first-order chi connectivity index (χ1) is 8.74. The minimum atomic E-state index is 0.228. The molecule has 2 aromatic rings. The van der Waals surface area contributed by atoms with E-state index in [-0.39, 0.29) is 6.04 Å². The molecule has 0 aliphatic heterocycles. The van der Waals surface area contributed by atoms with Crippen molar-refractivity contribution >= 4 is 0 Å². The van der Waals surface area contributed by atoms with Crippen molar-refractivity contribution in [3.8, 4) is 0 Å². The molecule has 0 saturated heterocycles. The summed E-state index contributed by atoms with van der Waals surface area (Å²) in [5.74, 6) is 0. The van der Waals surface area contributed by atoms with E-state index in [0.717, 1.165) is 24.2 Å². The number of aromatic nitrogens is 3. The molecule has 0 bridgehead atoms. The molecule has 0 amide bonds. The van der Waals surface area contributed by atoms with Crippen LogP contribution in [0, 0.1) is 0 Å². The molecule has 0 aliphatic rings. The second kappa shape index (κ2) is 5.78. The van der Waals surface area contributed by atoms with Gasteiger partial charge in [0.05, 0.1) is 17.4 Å². The highest BCUT2D eigenvalue weighted by Gasteiger charge is 2.14. The van der Waals surface area contributed by atoms with E-state index in [2.05, 4.69) is 34.5 Å². The molecule has 4 heteroatoms. The highest BCUT2D eigenvalue weighted by atomic mass is 15.3. The number of nitrogens with zero attached hydrogens (tertiary/aromatic N) is 3. The van der Waals surface area contributed by atoms with Gasteiger partial charge in [0.25, 0.3) is 0 Å². The number of rotatable bonds is 5. The van der Waals surface area contributed by atoms with Crippen LogP contribution in [0.15, 0.2) is 30.5 Å². The van der Waals surface area contributed by atoms with Crippen LogP contribution in [0.1, 0.15) is 30.0 Å². The van der Waals surface area contributed by atoms with Gasteiger partial charge in [0.2, 0.25) is 0 Å². The first kappa shape index (κ1) is 12.8. The van der Waals surface area contributed by atoms with Gasteiger partial charge in [-0.1, -0.05) is 13.0 Å². The van der Waals surface area contributed by atoms with E-state index >= 15 is 0 Å². The molecule has 0 fully saturated rings. The van der Waals surface area contributed by atoms with Crippen molar-refractivity contribution in [1.82, 2.24) is 20.1 Å². The standard InChI is InChI=1S/C14H20N4/c1-4-11-9-12(18(3)17-11)10-14(15-2)13-7-5-6-8-16-13/h5-9,14-15H,4,10H2,1-3H3. The van der Waals surface area contributed by atoms with Gasteiger partial charge in [0.15, 0.2) is 0 Å². The van der Waals surface area contributed by atoms with Crippen molar-refractivity contribution in [2.75, 3.05) is 7.05 Å². The van der Waals surface area contributed by atoms with Gasteiger partial charge >= 0.3 is 0 Å². The van der Waals surface area contributed by atoms with E-state index in [1.165, 1.54) is 5.69 Å². The molecule has 96 valence electrons. The number of aryl methyl sites for hydroxylation is 2. The fourth-order valence-corrected chi connectivity index (χ4v) is 2.08. The maximum atomic E-state index is 4.48. The third kappa shape index (κ3) is 2.76. The Bertz CT molecular complexity index is 490. The normalized spacial score (nSPS) is 12.6. The van der Waals surface area contributed by atoms with Gasteiger partial charge in [0.1, 0.15) is 0 Å². The van der Waals surface area contributed by atoms with Crippen LogP contribution in [-0.4, -0.2) is 21.8 Å². The molecule has 1 unspecified atom stereocenters. The Kier molecular flexibility index (Phi) is 4.10. The molecule has 1 atom stereocenters. The molecule has 0 aliphatic carbocycles. The summed E-state index contributed by atoms with van der Waals surface area (Å²) >= 11 is 0. The Balaban J connectivity index is 2.18. The summed E-state index contributed by atoms with van der Waals surface area (Å²) in [7, 11) is 3.97. The van der Waals surface area contributed by atoms with Gasteiger partial charge in [0, 0.05) is 25.4 Å². The summed E-state index contributed by atoms with van der Waals surface area (Å²) in [5.41, 5.74) is 3.44. The van der Waals surface area contributed by atoms with Crippen molar-refractivity contribution < 1.29 is 0 Å². The molecule has 2 rings (SSSR count). The second-order valence-corrected chi connectivity index (χ2v) is 4.40. The Hall–Kier alpha value is -1.68. The first-order valence-electron chi connectivity index (χ1n) is 6.34. The van der Waals surface area contributed by atoms with Gasteiger partial charge < -0.3 is 5.32 Å². The van der Waals surface area contributed by atoms with Crippen molar-refractivity contribution in [3.63, 3.8) is 0 Å². The zero-order valence-electron chi connectivity index (χ0n) is 11.2. The van der Waals surface area contributed by atoms with E-state index in [9.17, 15) is 0 Å². The van der Waals surface area contributed by atoms with Crippen molar-refractivity contribution in [3.05, 3.63) is 47.5 Å². The minimum absolute atomic E-state index is 0.228. The quantitative estimate of drug-likeness (QED) is 0.873. The summed E-state index contributed by atoms with van der Waals surface area (Å²) in [6.07, 6.45) is 3.71. The van der Waals surface area contributed by atoms with Crippen LogP contribution in [0.3, 0.4) is 0 Å². The second-order valence-electron chi connectivity index (χ2n) is 4.40. The predicted octanol–water partition coefficient (Wildman–Crippen LogP) is 1.88. The third-order valence-corrected chi connectivity index (χ3v) is 3.20. The smallest absolute Gasteiger partial charge is 0.0624 e. The summed E-state index contributed by atoms with van der Waals surface area (Å²) in [5, 5.41) is 7.80. The highest BCUT2D eigenvalue weighted by Crippen LogP contribution is 2.16. The van der Waals surface area contributed by atoms with Crippen molar-refractivity contribution in [2.24, 2.45) is 7.05 Å². The Morgan fingerprint density at radius 2 is 2.22 bits per heavy atom. The number of pyridine rings is 1. The van der Waals surface area contributed by atoms with Gasteiger partial charge in [-0.2, -0.15) is 5.10 Å². The fourth-order valence-electron chi connectivity index (χ4n) is 2.08. The lowest BCUT2D eigenvalue weighted by Crippen LogP contribution is -2.21. The van der Waals surface area contributed by atoms with Crippen LogP contribution in [0.25, 0.3) is 0 Å². The van der Waals surface area contributed by atoms with Gasteiger partial charge in [-0.15, -0.1) is 0 Å². The molecule has 4 nitrogen and oxygen atoms in total. The summed E-state index contributed by atoms with van der Waals surface area (Å²) < 4.78 is 1.96. The Morgan fingerprint density at radius 3 is 2.78 bits per heavy atom. The maximum Gasteiger partial charge on any atom is 0.0624 e. The van der Waals surface area contributed by atoms with Crippen LogP contribution < -0.4 is 5.32 Å². The monoisotopic (exact) mass is 244 g/mol. The maximum absolute atomic E-state index is 4.48. The highest BCUT2D eigenvalue weighted by molar-refractivity contribution is 5.16. The lowest BCUT2D eigenvalue weighted by atomic mass is 10.1. The first-order valence-corrected chi connectivity index (χ1v) is 6.34. The number of nitrogens with one attached hydrogen (secondary N) is 1. The third-order valence-electron chi connectivity index (χ3n) is 3.20. The average Bonchev–Trinajstić information content (AvgIpc) is 2.77. The van der Waals surface area contributed by atoms with E-state index in [0.29, 0.717) is 0 Å². The zero-order valence-corrected chi connectivity index (χ0v) is 11.2. The van der Waals surface area contributed by atoms with Crippen molar-refractivity contribution in [1.29, 1.82) is 0 Å². The molecule has 1 N–H and O–H groups in total. The van der Waals surface area contributed by atoms with E-state index in [1.807, 2.05) is 37.1 Å². The number of hydrogen-bond donors (Lipinski definition) is 1. The van der Waals surface area contributed by atoms with Crippen LogP contribution in [0.5, 0.6) is 0 Å². The number of hydrogen-bond acceptors (Lipinski definition) is 3. The number of likely N-dealkylation sites (N-methyl/N-ethyl adjacent to an activating group) is 1. The van der Waals surface area contributed by atoms with E-state index < -0.39 is 0 Å². The lowest BCUT2D eigenvalue weighted by molar-refractivity contribution is 0.548. The molecule has 18 heavy (non-hydrogen) atoms. The van der Waals surface area contributed by atoms with Gasteiger partial charge in [-0.25, -0.2) is 0 Å². The van der Waals surface area contributed by atoms with E-state index in [4.69, 9.17) is 0 Å². The van der Waals surface area contributed by atoms with Crippen LogP contribution in [-0.2, 0) is 19.9 Å². The lowest BCUT2D eigenvalue weighted by Gasteiger charge is -2.15. The van der Waals surface area contributed by atoms with Crippen LogP contribution in [0.4, 0.5) is 0 Å². The van der Waals surface area contributed by atoms with Crippen LogP contribution in [0.2, 0.25) is 0 Å². The summed E-state index contributed by atoms with van der Waals surface area (Å²) in [6.45, 7) is 2.13. The van der Waals surface area contributed by atoms with Crippen molar-refractivity contribution in [2.45, 2.75) is 25.8 Å². The minimum Gasteiger partial charge on any atom is -0.311 e. The van der Waals surface area contributed by atoms with E-state index in [1.54, 1.807) is 0 Å². The molecule has 2 aromatic heterocycles. The molecule has 0 aromatic carbocycles. The topological polar surface area (TPSA) is 42.7 Å². The predicted molar refractivity (Wildman–Crippen MR) is 72.3 cm³/mol. The van der Waals surface area contributed by atoms with Gasteiger partial charge in [-0.3, -0.25) is 9.67 Å². The summed E-state index contributed by atoms with van der Waals surface area (Å²) in [6, 6.07) is 8.42. The molecule has 2 heterocycles. The Morgan fingerprint density at radius 1 is 1.39 bits per heavy atom. The largest absolute Gasteiger partial charge is 0.311 e. The molecule has 0 radical (unpaired) electrons. The van der Waals surface area contributed by atoms with Crippen LogP contribution >= 0.6 is 0 Å².